The summed E-state index contributed by atoms with van der Waals surface area (Å²) in [6.07, 6.45) is 0.901. The average Bonchev–Trinajstić information content (AvgIpc) is 2.25. The lowest BCUT2D eigenvalue weighted by Crippen LogP contribution is -2.00. The fourth-order valence-electron chi connectivity index (χ4n) is 1.49. The van der Waals surface area contributed by atoms with E-state index in [-0.39, 0.29) is 12.1 Å². The van der Waals surface area contributed by atoms with Crippen molar-refractivity contribution in [2.45, 2.75) is 26.2 Å². The maximum absolute atomic E-state index is 10.8. The standard InChI is InChI=1S/C11H13NO4/c1-2-9-5-3-8(4-6-11(13)14)7-10(9)12(15)16/h3,5,7H,2,4,6H2,1H3,(H,13,14). The number of carboxylic acid groups (broad SMARTS) is 1. The first-order valence-corrected chi connectivity index (χ1v) is 5.02. The highest BCUT2D eigenvalue weighted by Gasteiger charge is 2.13. The van der Waals surface area contributed by atoms with E-state index < -0.39 is 10.9 Å². The number of rotatable bonds is 5. The molecule has 0 atom stereocenters. The van der Waals surface area contributed by atoms with Crippen LogP contribution >= 0.6 is 0 Å². The van der Waals surface area contributed by atoms with Crippen molar-refractivity contribution < 1.29 is 14.8 Å². The lowest BCUT2D eigenvalue weighted by molar-refractivity contribution is -0.385. The van der Waals surface area contributed by atoms with Gasteiger partial charge in [0.05, 0.1) is 4.92 Å². The van der Waals surface area contributed by atoms with Gasteiger partial charge in [0, 0.05) is 18.1 Å². The van der Waals surface area contributed by atoms with Crippen LogP contribution in [0.25, 0.3) is 0 Å². The molecule has 86 valence electrons. The molecule has 0 fully saturated rings. The van der Waals surface area contributed by atoms with Crippen molar-refractivity contribution in [2.24, 2.45) is 0 Å². The Balaban J connectivity index is 2.93. The van der Waals surface area contributed by atoms with E-state index >= 15 is 0 Å². The summed E-state index contributed by atoms with van der Waals surface area (Å²) in [6.45, 7) is 1.85. The van der Waals surface area contributed by atoms with Gasteiger partial charge in [-0.25, -0.2) is 0 Å². The predicted molar refractivity (Wildman–Crippen MR) is 58.4 cm³/mol. The van der Waals surface area contributed by atoms with Gasteiger partial charge < -0.3 is 5.11 Å². The Hall–Kier alpha value is -1.91. The second-order valence-corrected chi connectivity index (χ2v) is 3.47. The summed E-state index contributed by atoms with van der Waals surface area (Å²) in [6, 6.07) is 4.89. The predicted octanol–water partition coefficient (Wildman–Crippen LogP) is 2.17. The van der Waals surface area contributed by atoms with Crippen molar-refractivity contribution in [3.05, 3.63) is 39.4 Å². The molecule has 0 spiro atoms. The molecule has 0 heterocycles. The molecule has 16 heavy (non-hydrogen) atoms. The molecule has 0 amide bonds. The van der Waals surface area contributed by atoms with Crippen LogP contribution in [-0.4, -0.2) is 16.0 Å². The molecule has 1 rings (SSSR count). The lowest BCUT2D eigenvalue weighted by Gasteiger charge is -2.03. The van der Waals surface area contributed by atoms with Crippen LogP contribution in [0, 0.1) is 10.1 Å². The smallest absolute Gasteiger partial charge is 0.303 e. The average molecular weight is 223 g/mol. The Kier molecular flexibility index (Phi) is 3.99. The first-order chi connectivity index (χ1) is 7.54. The highest BCUT2D eigenvalue weighted by Crippen LogP contribution is 2.21. The highest BCUT2D eigenvalue weighted by molar-refractivity contribution is 5.67. The zero-order valence-electron chi connectivity index (χ0n) is 8.97. The second-order valence-electron chi connectivity index (χ2n) is 3.47. The van der Waals surface area contributed by atoms with Crippen molar-refractivity contribution in [1.82, 2.24) is 0 Å². The summed E-state index contributed by atoms with van der Waals surface area (Å²) < 4.78 is 0. The molecule has 0 saturated carbocycles. The Morgan fingerprint density at radius 2 is 2.19 bits per heavy atom. The maximum atomic E-state index is 10.8. The molecule has 5 heteroatoms. The third-order valence-electron chi connectivity index (χ3n) is 2.35. The number of nitro benzene ring substituents is 1. The number of carboxylic acids is 1. The molecule has 0 aromatic heterocycles. The topological polar surface area (TPSA) is 80.4 Å². The molecule has 0 aliphatic carbocycles. The van der Waals surface area contributed by atoms with Crippen molar-refractivity contribution in [3.63, 3.8) is 0 Å². The summed E-state index contributed by atoms with van der Waals surface area (Å²) in [5, 5.41) is 19.3. The van der Waals surface area contributed by atoms with Crippen LogP contribution in [0.3, 0.4) is 0 Å². The molecule has 0 saturated heterocycles. The molecule has 0 bridgehead atoms. The van der Waals surface area contributed by atoms with Crippen LogP contribution in [0.5, 0.6) is 0 Å². The van der Waals surface area contributed by atoms with E-state index in [0.29, 0.717) is 24.0 Å². The minimum Gasteiger partial charge on any atom is -0.481 e. The number of carbonyl (C=O) groups is 1. The first kappa shape index (κ1) is 12.2. The molecule has 1 aromatic carbocycles. The van der Waals surface area contributed by atoms with Gasteiger partial charge in [0.15, 0.2) is 0 Å². The molecule has 1 N–H and O–H groups in total. The highest BCUT2D eigenvalue weighted by atomic mass is 16.6. The van der Waals surface area contributed by atoms with Gasteiger partial charge in [-0.1, -0.05) is 19.1 Å². The van der Waals surface area contributed by atoms with Gasteiger partial charge in [-0.3, -0.25) is 14.9 Å². The fraction of sp³-hybridized carbons (Fsp3) is 0.364. The van der Waals surface area contributed by atoms with Crippen molar-refractivity contribution in [2.75, 3.05) is 0 Å². The zero-order valence-corrected chi connectivity index (χ0v) is 8.97. The van der Waals surface area contributed by atoms with Crippen LogP contribution in [-0.2, 0) is 17.6 Å². The van der Waals surface area contributed by atoms with Gasteiger partial charge in [-0.15, -0.1) is 0 Å². The molecule has 5 nitrogen and oxygen atoms in total. The van der Waals surface area contributed by atoms with E-state index in [2.05, 4.69) is 0 Å². The Bertz CT molecular complexity index is 414. The van der Waals surface area contributed by atoms with E-state index in [1.807, 2.05) is 6.92 Å². The summed E-state index contributed by atoms with van der Waals surface area (Å²) >= 11 is 0. The zero-order chi connectivity index (χ0) is 12.1. The summed E-state index contributed by atoms with van der Waals surface area (Å²) in [5.41, 5.74) is 1.43. The minimum absolute atomic E-state index is 0.0113. The van der Waals surface area contributed by atoms with Crippen molar-refractivity contribution in [3.8, 4) is 0 Å². The molecule has 0 aliphatic rings. The largest absolute Gasteiger partial charge is 0.481 e. The molecule has 0 unspecified atom stereocenters. The summed E-state index contributed by atoms with van der Waals surface area (Å²) in [4.78, 5) is 20.7. The van der Waals surface area contributed by atoms with Crippen molar-refractivity contribution in [1.29, 1.82) is 0 Å². The molecular weight excluding hydrogens is 210 g/mol. The number of benzene rings is 1. The van der Waals surface area contributed by atoms with Gasteiger partial charge in [0.2, 0.25) is 0 Å². The first-order valence-electron chi connectivity index (χ1n) is 5.02. The third-order valence-corrected chi connectivity index (χ3v) is 2.35. The molecule has 1 aromatic rings. The fourth-order valence-corrected chi connectivity index (χ4v) is 1.49. The number of nitrogens with zero attached hydrogens (tertiary/aromatic N) is 1. The Labute approximate surface area is 92.9 Å². The van der Waals surface area contributed by atoms with E-state index in [1.165, 1.54) is 6.07 Å². The van der Waals surface area contributed by atoms with Crippen molar-refractivity contribution >= 4 is 11.7 Å². The van der Waals surface area contributed by atoms with E-state index in [0.717, 1.165) is 0 Å². The third kappa shape index (κ3) is 3.05. The number of aliphatic carboxylic acids is 1. The van der Waals surface area contributed by atoms with Gasteiger partial charge in [-0.2, -0.15) is 0 Å². The maximum Gasteiger partial charge on any atom is 0.303 e. The SMILES string of the molecule is CCc1ccc(CCC(=O)O)cc1[N+](=O)[O-]. The monoisotopic (exact) mass is 223 g/mol. The number of aryl methyl sites for hydroxylation is 2. The van der Waals surface area contributed by atoms with Crippen LogP contribution in [0.1, 0.15) is 24.5 Å². The number of nitro groups is 1. The Morgan fingerprint density at radius 3 is 2.69 bits per heavy atom. The van der Waals surface area contributed by atoms with E-state index in [1.54, 1.807) is 12.1 Å². The van der Waals surface area contributed by atoms with Gasteiger partial charge in [-0.05, 0) is 18.4 Å². The summed E-state index contributed by atoms with van der Waals surface area (Å²) in [5.74, 6) is -0.901. The van der Waals surface area contributed by atoms with E-state index in [4.69, 9.17) is 5.11 Å². The van der Waals surface area contributed by atoms with E-state index in [9.17, 15) is 14.9 Å². The number of hydrogen-bond donors (Lipinski definition) is 1. The molecular formula is C11H13NO4. The normalized spacial score (nSPS) is 10.1. The van der Waals surface area contributed by atoms with Gasteiger partial charge >= 0.3 is 5.97 Å². The molecule has 0 radical (unpaired) electrons. The van der Waals surface area contributed by atoms with Crippen LogP contribution in [0.2, 0.25) is 0 Å². The Morgan fingerprint density at radius 1 is 1.50 bits per heavy atom. The second kappa shape index (κ2) is 5.25. The number of hydrogen-bond acceptors (Lipinski definition) is 3. The quantitative estimate of drug-likeness (QED) is 0.612. The van der Waals surface area contributed by atoms with Crippen LogP contribution < -0.4 is 0 Å². The minimum atomic E-state index is -0.901. The molecule has 0 aliphatic heterocycles. The van der Waals surface area contributed by atoms with Crippen LogP contribution in [0.4, 0.5) is 5.69 Å². The van der Waals surface area contributed by atoms with Gasteiger partial charge in [0.1, 0.15) is 0 Å². The van der Waals surface area contributed by atoms with Gasteiger partial charge in [0.25, 0.3) is 5.69 Å². The van der Waals surface area contributed by atoms with Crippen LogP contribution in [0.15, 0.2) is 18.2 Å². The summed E-state index contributed by atoms with van der Waals surface area (Å²) in [7, 11) is 0. The lowest BCUT2D eigenvalue weighted by atomic mass is 10.0.